The third kappa shape index (κ3) is 12.4. The van der Waals surface area contributed by atoms with E-state index in [0.29, 0.717) is 31.9 Å². The van der Waals surface area contributed by atoms with Crippen molar-refractivity contribution in [3.8, 4) is 22.3 Å². The maximum Gasteiger partial charge on any atom is 0.417 e. The van der Waals surface area contributed by atoms with Crippen LogP contribution in [0.2, 0.25) is 0 Å². The number of aromatic nitrogens is 1. The summed E-state index contributed by atoms with van der Waals surface area (Å²) < 4.78 is 53.0. The first-order valence-electron chi connectivity index (χ1n) is 26.2. The van der Waals surface area contributed by atoms with E-state index in [1.165, 1.54) is 17.9 Å². The third-order valence-electron chi connectivity index (χ3n) is 16.1. The van der Waals surface area contributed by atoms with Gasteiger partial charge in [0.25, 0.3) is 5.91 Å². The summed E-state index contributed by atoms with van der Waals surface area (Å²) in [6.07, 6.45) is -6.06. The van der Waals surface area contributed by atoms with Crippen LogP contribution in [0.3, 0.4) is 0 Å². The molecule has 3 aromatic carbocycles. The minimum absolute atomic E-state index is 0.00120. The van der Waals surface area contributed by atoms with Crippen molar-refractivity contribution in [3.05, 3.63) is 100 Å². The number of alkyl halides is 3. The minimum Gasteiger partial charge on any atom is -0.489 e. The van der Waals surface area contributed by atoms with Gasteiger partial charge in [-0.3, -0.25) is 24.1 Å². The predicted octanol–water partition coefficient (Wildman–Crippen LogP) is 7.04. The molecule has 1 saturated carbocycles. The number of halogens is 3. The molecule has 0 unspecified atom stereocenters. The highest BCUT2D eigenvalue weighted by molar-refractivity contribution is 7.13. The number of amides is 4. The molecule has 4 aliphatic rings. The van der Waals surface area contributed by atoms with Crippen LogP contribution in [0.15, 0.2) is 72.2 Å². The van der Waals surface area contributed by atoms with Crippen molar-refractivity contribution in [2.24, 2.45) is 21.7 Å². The van der Waals surface area contributed by atoms with E-state index >= 15 is 0 Å². The van der Waals surface area contributed by atoms with Gasteiger partial charge >= 0.3 is 6.18 Å². The number of rotatable bonds is 18. The largest absolute Gasteiger partial charge is 0.489 e. The summed E-state index contributed by atoms with van der Waals surface area (Å²) in [7, 11) is 0. The lowest BCUT2D eigenvalue weighted by molar-refractivity contribution is -0.164. The molecule has 0 spiro atoms. The zero-order valence-electron chi connectivity index (χ0n) is 45.3. The van der Waals surface area contributed by atoms with Crippen LogP contribution in [0.4, 0.5) is 18.9 Å². The SMILES string of the molecule is CC(=O)N[C@H](C(=O)N1C[C@H](O)C[C@H]1C(=O)N[C@@H](C)c1ccc(-c2scnc2C)cc1)C(C)(C)CN1CCN(CC2(CNc3ccc(C(=O)N[C@H]4C(C)(C)[C@H](Oc5ccc(C#N)c(C(F)(F)F)c5)C4(C)C)cc3)COC2)CC1. The quantitative estimate of drug-likeness (QED) is 0.0682. The number of carbonyl (C=O) groups is 4. The number of aryl methyl sites for hydroxylation is 1. The van der Waals surface area contributed by atoms with Crippen molar-refractivity contribution < 1.29 is 46.9 Å². The summed E-state index contributed by atoms with van der Waals surface area (Å²) in [5.41, 5.74) is 2.29. The van der Waals surface area contributed by atoms with Gasteiger partial charge in [-0.25, -0.2) is 4.98 Å². The molecule has 1 aromatic heterocycles. The van der Waals surface area contributed by atoms with Crippen molar-refractivity contribution in [3.63, 3.8) is 0 Å². The predicted molar refractivity (Wildman–Crippen MR) is 287 cm³/mol. The van der Waals surface area contributed by atoms with Gasteiger partial charge in [-0.05, 0) is 67.4 Å². The molecule has 1 aliphatic carbocycles. The van der Waals surface area contributed by atoms with Crippen LogP contribution < -0.4 is 26.0 Å². The summed E-state index contributed by atoms with van der Waals surface area (Å²) in [6, 6.07) is 17.5. The summed E-state index contributed by atoms with van der Waals surface area (Å²) in [5, 5.41) is 32.7. The molecule has 414 valence electrons. The second kappa shape index (κ2) is 22.3. The number of nitrogens with zero attached hydrogens (tertiary/aromatic N) is 5. The molecule has 4 heterocycles. The van der Waals surface area contributed by atoms with Crippen LogP contribution >= 0.6 is 11.3 Å². The van der Waals surface area contributed by atoms with Gasteiger partial charge in [0.2, 0.25) is 17.7 Å². The number of likely N-dealkylation sites (tertiary alicyclic amines) is 1. The van der Waals surface area contributed by atoms with E-state index in [4.69, 9.17) is 9.47 Å². The zero-order valence-corrected chi connectivity index (χ0v) is 46.2. The fourth-order valence-electron chi connectivity index (χ4n) is 12.2. The molecule has 4 aromatic rings. The average molecular weight is 1080 g/mol. The van der Waals surface area contributed by atoms with Crippen LogP contribution in [0.1, 0.15) is 101 Å². The Morgan fingerprint density at radius 2 is 1.60 bits per heavy atom. The van der Waals surface area contributed by atoms with Crippen LogP contribution in [0, 0.1) is 39.9 Å². The average Bonchev–Trinajstić information content (AvgIpc) is 4.02. The molecule has 8 rings (SSSR count). The molecular formula is C57H72F3N9O7S. The van der Waals surface area contributed by atoms with Crippen LogP contribution in [0.5, 0.6) is 5.75 Å². The van der Waals surface area contributed by atoms with Gasteiger partial charge in [-0.15, -0.1) is 11.3 Å². The second-order valence-corrected chi connectivity index (χ2v) is 24.3. The monoisotopic (exact) mass is 1080 g/mol. The first-order chi connectivity index (χ1) is 36.2. The van der Waals surface area contributed by atoms with E-state index in [9.17, 15) is 42.7 Å². The van der Waals surface area contributed by atoms with Crippen molar-refractivity contribution in [1.82, 2.24) is 35.6 Å². The van der Waals surface area contributed by atoms with Gasteiger partial charge in [-0.2, -0.15) is 18.4 Å². The molecule has 4 fully saturated rings. The zero-order chi connectivity index (χ0) is 55.8. The first kappa shape index (κ1) is 57.1. The van der Waals surface area contributed by atoms with Crippen LogP contribution in [-0.2, 0) is 25.3 Å². The van der Waals surface area contributed by atoms with E-state index in [0.717, 1.165) is 72.2 Å². The van der Waals surface area contributed by atoms with Gasteiger partial charge < -0.3 is 45.6 Å². The summed E-state index contributed by atoms with van der Waals surface area (Å²) >= 11 is 1.57. The summed E-state index contributed by atoms with van der Waals surface area (Å²) in [5.74, 6) is -1.42. The Morgan fingerprint density at radius 1 is 0.948 bits per heavy atom. The number of hydrogen-bond acceptors (Lipinski definition) is 13. The highest BCUT2D eigenvalue weighted by Crippen LogP contribution is 2.56. The van der Waals surface area contributed by atoms with Gasteiger partial charge in [0.1, 0.15) is 23.9 Å². The molecule has 0 bridgehead atoms. The van der Waals surface area contributed by atoms with Gasteiger partial charge in [0, 0.05) is 105 Å². The van der Waals surface area contributed by atoms with Gasteiger partial charge in [0.15, 0.2) is 0 Å². The van der Waals surface area contributed by atoms with E-state index in [2.05, 4.69) is 36.1 Å². The molecule has 16 nitrogen and oxygen atoms in total. The number of ether oxygens (including phenoxy) is 2. The Bertz CT molecular complexity index is 2820. The van der Waals surface area contributed by atoms with E-state index < -0.39 is 63.7 Å². The molecule has 0 radical (unpaired) electrons. The molecule has 4 atom stereocenters. The van der Waals surface area contributed by atoms with E-state index in [1.54, 1.807) is 29.5 Å². The number of thiazole rings is 1. The number of benzene rings is 3. The first-order valence-corrected chi connectivity index (χ1v) is 27.1. The number of nitrogens with one attached hydrogen (secondary N) is 4. The topological polar surface area (TPSA) is 201 Å². The highest BCUT2D eigenvalue weighted by Gasteiger charge is 2.64. The lowest BCUT2D eigenvalue weighted by Crippen LogP contribution is -2.74. The number of aliphatic hydroxyl groups is 1. The van der Waals surface area contributed by atoms with Gasteiger partial charge in [-0.1, -0.05) is 65.8 Å². The minimum atomic E-state index is -4.72. The Kier molecular flexibility index (Phi) is 16.5. The Balaban J connectivity index is 0.810. The lowest BCUT2D eigenvalue weighted by Gasteiger charge is -2.63. The Hall–Kier alpha value is -6.11. The maximum absolute atomic E-state index is 14.5. The Labute approximate surface area is 453 Å². The molecule has 3 aliphatic heterocycles. The van der Waals surface area contributed by atoms with Crippen molar-refractivity contribution >= 4 is 40.7 Å². The number of nitriles is 1. The molecule has 77 heavy (non-hydrogen) atoms. The molecule has 3 saturated heterocycles. The maximum atomic E-state index is 14.5. The molecular weight excluding hydrogens is 1010 g/mol. The fraction of sp³-hybridized carbons (Fsp3) is 0.544. The molecule has 4 amide bonds. The van der Waals surface area contributed by atoms with Crippen molar-refractivity contribution in [1.29, 1.82) is 5.26 Å². The molecule has 20 heteroatoms. The number of β-amino-alcohol motifs (C(OH)–C–C–N with tert-alkyl or cyclic N) is 1. The van der Waals surface area contributed by atoms with E-state index in [-0.39, 0.29) is 53.9 Å². The Morgan fingerprint density at radius 3 is 2.17 bits per heavy atom. The summed E-state index contributed by atoms with van der Waals surface area (Å²) in [4.78, 5) is 66.3. The van der Waals surface area contributed by atoms with Gasteiger partial charge in [0.05, 0.1) is 58.6 Å². The number of piperazine rings is 1. The normalized spacial score (nSPS) is 22.8. The highest BCUT2D eigenvalue weighted by atomic mass is 32.1. The number of anilines is 1. The lowest BCUT2D eigenvalue weighted by atomic mass is 9.49. The van der Waals surface area contributed by atoms with Crippen LogP contribution in [-0.4, -0.2) is 144 Å². The van der Waals surface area contributed by atoms with Crippen molar-refractivity contribution in [2.75, 3.05) is 70.9 Å². The third-order valence-corrected chi connectivity index (χ3v) is 17.1. The van der Waals surface area contributed by atoms with Crippen molar-refractivity contribution in [2.45, 2.75) is 111 Å². The standard InChI is InChI=1S/C57H72F3N9O7S/c1-34(37-10-12-38(13-11-37)46-35(2)63-33-77-46)64-49(73)45-24-42(71)27-69(45)50(74)47(65-36(3)70)53(4,5)29-67-20-22-68(23-21-67)30-56(31-75-32-56)28-62-41-17-14-39(15-18-41)48(72)66-51-54(6,7)52(55(51,8)9)76-43-19-16-40(26-61)44(25-43)57(58,59)60/h10-19,25,33-34,42,45,47,51-52,62,71H,20-24,27-32H2,1-9H3,(H,64,73)(H,65,70)(H,66,72)/t34-,42+,45-,47+,51-,52-/m0/s1. The number of aliphatic hydroxyl groups excluding tert-OH is 1. The smallest absolute Gasteiger partial charge is 0.417 e. The number of hydrogen-bond donors (Lipinski definition) is 5. The second-order valence-electron chi connectivity index (χ2n) is 23.5. The molecule has 5 N–H and O–H groups in total. The van der Waals surface area contributed by atoms with E-state index in [1.807, 2.05) is 97.3 Å². The summed E-state index contributed by atoms with van der Waals surface area (Å²) in [6.45, 7) is 22.9. The van der Waals surface area contributed by atoms with Crippen LogP contribution in [0.25, 0.3) is 10.4 Å². The fourth-order valence-corrected chi connectivity index (χ4v) is 13.0. The number of carbonyl (C=O) groups excluding carboxylic acids is 4.